The fourth-order valence-electron chi connectivity index (χ4n) is 5.83. The van der Waals surface area contributed by atoms with Gasteiger partial charge in [0.2, 0.25) is 11.8 Å². The van der Waals surface area contributed by atoms with Gasteiger partial charge < -0.3 is 35.1 Å². The van der Waals surface area contributed by atoms with Crippen molar-refractivity contribution in [3.8, 4) is 5.75 Å². The van der Waals surface area contributed by atoms with Gasteiger partial charge in [0.1, 0.15) is 31.0 Å². The maximum Gasteiger partial charge on any atom is 0.408 e. The highest BCUT2D eigenvalue weighted by Gasteiger charge is 2.35. The number of aliphatic hydroxyl groups is 1. The number of ether oxygens (including phenoxy) is 2. The van der Waals surface area contributed by atoms with Gasteiger partial charge in [0, 0.05) is 31.4 Å². The highest BCUT2D eigenvalue weighted by molar-refractivity contribution is 5.91. The molecule has 0 aliphatic rings. The lowest BCUT2D eigenvalue weighted by molar-refractivity contribution is -0.143. The smallest absolute Gasteiger partial charge is 0.408 e. The van der Waals surface area contributed by atoms with Crippen LogP contribution in [0.5, 0.6) is 5.75 Å². The monoisotopic (exact) mass is 717 g/mol. The van der Waals surface area contributed by atoms with Crippen LogP contribution in [0.15, 0.2) is 128 Å². The standard InChI is InChI=1S/C42H47N5O6/c1-2-3-19-38(40(49)44-26-39(48)34-17-11-6-12-18-34)47(27-31-20-22-36(23-21-31)52-28-32-13-7-4-8-14-32)41(50)37(24-35-25-43-30-45-35)46-42(51)53-29-33-15-9-5-10-16-33/h4-18,20-23,25,30,37-39,48H,2-3,19,24,26-29H2,1H3,(H,43,45)(H,44,49)(H,46,51). The first-order valence-corrected chi connectivity index (χ1v) is 17.9. The van der Waals surface area contributed by atoms with Crippen molar-refractivity contribution in [1.82, 2.24) is 25.5 Å². The van der Waals surface area contributed by atoms with Gasteiger partial charge in [-0.3, -0.25) is 9.59 Å². The summed E-state index contributed by atoms with van der Waals surface area (Å²) >= 11 is 0. The predicted octanol–water partition coefficient (Wildman–Crippen LogP) is 6.26. The molecule has 3 unspecified atom stereocenters. The third-order valence-electron chi connectivity index (χ3n) is 8.75. The molecule has 53 heavy (non-hydrogen) atoms. The molecule has 0 bridgehead atoms. The zero-order valence-electron chi connectivity index (χ0n) is 29.9. The molecule has 0 fully saturated rings. The summed E-state index contributed by atoms with van der Waals surface area (Å²) < 4.78 is 11.5. The van der Waals surface area contributed by atoms with Crippen molar-refractivity contribution in [3.63, 3.8) is 0 Å². The summed E-state index contributed by atoms with van der Waals surface area (Å²) in [5.41, 5.74) is 3.88. The number of amides is 3. The number of carbonyl (C=O) groups is 3. The van der Waals surface area contributed by atoms with Crippen LogP contribution in [0.4, 0.5) is 4.79 Å². The van der Waals surface area contributed by atoms with E-state index < -0.39 is 36.1 Å². The minimum atomic E-state index is -1.10. The van der Waals surface area contributed by atoms with E-state index in [-0.39, 0.29) is 26.1 Å². The number of hydrogen-bond acceptors (Lipinski definition) is 7. The van der Waals surface area contributed by atoms with Gasteiger partial charge in [-0.1, -0.05) is 123 Å². The fourth-order valence-corrected chi connectivity index (χ4v) is 5.83. The van der Waals surface area contributed by atoms with E-state index in [4.69, 9.17) is 9.47 Å². The van der Waals surface area contributed by atoms with Crippen molar-refractivity contribution in [2.24, 2.45) is 0 Å². The molecule has 0 aliphatic carbocycles. The Balaban J connectivity index is 1.39. The van der Waals surface area contributed by atoms with Gasteiger partial charge in [-0.25, -0.2) is 9.78 Å². The number of nitrogens with one attached hydrogen (secondary N) is 3. The molecule has 0 aliphatic heterocycles. The van der Waals surface area contributed by atoms with Crippen LogP contribution in [0.2, 0.25) is 0 Å². The Bertz CT molecular complexity index is 1820. The molecule has 11 nitrogen and oxygen atoms in total. The summed E-state index contributed by atoms with van der Waals surface area (Å²) in [6.07, 6.45) is 3.27. The molecule has 4 N–H and O–H groups in total. The molecular formula is C42H47N5O6. The Hall–Kier alpha value is -5.94. The number of benzene rings is 4. The van der Waals surface area contributed by atoms with Gasteiger partial charge in [-0.15, -0.1) is 0 Å². The summed E-state index contributed by atoms with van der Waals surface area (Å²) in [7, 11) is 0. The number of carbonyl (C=O) groups excluding carboxylic acids is 3. The molecule has 5 rings (SSSR count). The number of unbranched alkanes of at least 4 members (excludes halogenated alkanes) is 1. The average Bonchev–Trinajstić information content (AvgIpc) is 3.72. The van der Waals surface area contributed by atoms with Crippen molar-refractivity contribution < 1.29 is 29.0 Å². The van der Waals surface area contributed by atoms with Crippen LogP contribution in [0.1, 0.15) is 60.2 Å². The van der Waals surface area contributed by atoms with Crippen LogP contribution < -0.4 is 15.4 Å². The van der Waals surface area contributed by atoms with Crippen LogP contribution in [-0.4, -0.2) is 56.5 Å². The molecule has 3 amide bonds. The Kier molecular flexibility index (Phi) is 14.6. The lowest BCUT2D eigenvalue weighted by Gasteiger charge is -2.34. The van der Waals surface area contributed by atoms with E-state index >= 15 is 0 Å². The molecule has 0 saturated carbocycles. The van der Waals surface area contributed by atoms with Crippen LogP contribution in [-0.2, 0) is 40.5 Å². The number of hydrogen-bond donors (Lipinski definition) is 4. The summed E-state index contributed by atoms with van der Waals surface area (Å²) in [5.74, 6) is -0.220. The number of nitrogens with zero attached hydrogens (tertiary/aromatic N) is 2. The third kappa shape index (κ3) is 12.1. The topological polar surface area (TPSA) is 146 Å². The Morgan fingerprint density at radius 1 is 0.830 bits per heavy atom. The zero-order valence-corrected chi connectivity index (χ0v) is 29.9. The van der Waals surface area contributed by atoms with Gasteiger partial charge in [-0.2, -0.15) is 0 Å². The molecule has 5 aromatic rings. The number of rotatable bonds is 19. The summed E-state index contributed by atoms with van der Waals surface area (Å²) in [6.45, 7) is 2.47. The second-order valence-corrected chi connectivity index (χ2v) is 12.8. The normalized spacial score (nSPS) is 12.6. The minimum Gasteiger partial charge on any atom is -0.489 e. The largest absolute Gasteiger partial charge is 0.489 e. The zero-order chi connectivity index (χ0) is 37.3. The molecule has 0 spiro atoms. The van der Waals surface area contributed by atoms with Gasteiger partial charge in [0.15, 0.2) is 0 Å². The number of H-pyrrole nitrogens is 1. The SMILES string of the molecule is CCCCC(C(=O)NCC(O)c1ccccc1)N(Cc1ccc(OCc2ccccc2)cc1)C(=O)C(Cc1cnc[nH]1)NC(=O)OCc1ccccc1. The molecule has 0 radical (unpaired) electrons. The van der Waals surface area contributed by atoms with Crippen molar-refractivity contribution in [1.29, 1.82) is 0 Å². The molecule has 1 aromatic heterocycles. The van der Waals surface area contributed by atoms with Gasteiger partial charge in [0.05, 0.1) is 12.4 Å². The van der Waals surface area contributed by atoms with Crippen LogP contribution in [0.3, 0.4) is 0 Å². The lowest BCUT2D eigenvalue weighted by Crippen LogP contribution is -2.56. The van der Waals surface area contributed by atoms with E-state index in [0.717, 1.165) is 23.1 Å². The first kappa shape index (κ1) is 38.3. The molecule has 3 atom stereocenters. The van der Waals surface area contributed by atoms with E-state index in [1.54, 1.807) is 18.3 Å². The highest BCUT2D eigenvalue weighted by Crippen LogP contribution is 2.21. The van der Waals surface area contributed by atoms with E-state index in [9.17, 15) is 19.5 Å². The summed E-state index contributed by atoms with van der Waals surface area (Å²) in [6, 6.07) is 33.5. The van der Waals surface area contributed by atoms with Gasteiger partial charge in [-0.05, 0) is 40.8 Å². The maximum absolute atomic E-state index is 14.7. The second kappa shape index (κ2) is 20.2. The first-order chi connectivity index (χ1) is 25.9. The van der Waals surface area contributed by atoms with E-state index in [0.29, 0.717) is 36.5 Å². The fraction of sp³-hybridized carbons (Fsp3) is 0.286. The quantitative estimate of drug-likeness (QED) is 0.0789. The first-order valence-electron chi connectivity index (χ1n) is 17.9. The number of imidazole rings is 1. The highest BCUT2D eigenvalue weighted by atomic mass is 16.5. The van der Waals surface area contributed by atoms with Crippen molar-refractivity contribution >= 4 is 17.9 Å². The Morgan fingerprint density at radius 2 is 1.47 bits per heavy atom. The molecule has 4 aromatic carbocycles. The van der Waals surface area contributed by atoms with Crippen molar-refractivity contribution in [3.05, 3.63) is 156 Å². The number of alkyl carbamates (subject to hydrolysis) is 1. The average molecular weight is 718 g/mol. The van der Waals surface area contributed by atoms with Crippen molar-refractivity contribution in [2.75, 3.05) is 6.54 Å². The van der Waals surface area contributed by atoms with Gasteiger partial charge >= 0.3 is 6.09 Å². The summed E-state index contributed by atoms with van der Waals surface area (Å²) in [4.78, 5) is 50.6. The van der Waals surface area contributed by atoms with E-state index in [1.807, 2.05) is 110 Å². The van der Waals surface area contributed by atoms with Gasteiger partial charge in [0.25, 0.3) is 0 Å². The Labute approximate surface area is 310 Å². The Morgan fingerprint density at radius 3 is 2.09 bits per heavy atom. The molecular weight excluding hydrogens is 670 g/mol. The molecule has 276 valence electrons. The number of aromatic nitrogens is 2. The lowest BCUT2D eigenvalue weighted by atomic mass is 10.0. The number of aliphatic hydroxyl groups excluding tert-OH is 1. The second-order valence-electron chi connectivity index (χ2n) is 12.8. The predicted molar refractivity (Wildman–Crippen MR) is 201 cm³/mol. The van der Waals surface area contributed by atoms with Crippen LogP contribution in [0, 0.1) is 0 Å². The molecule has 1 heterocycles. The molecule has 11 heteroatoms. The molecule has 0 saturated heterocycles. The van der Waals surface area contributed by atoms with E-state index in [1.165, 1.54) is 11.2 Å². The third-order valence-corrected chi connectivity index (χ3v) is 8.75. The summed E-state index contributed by atoms with van der Waals surface area (Å²) in [5, 5.41) is 16.5. The van der Waals surface area contributed by atoms with Crippen LogP contribution >= 0.6 is 0 Å². The number of aromatic amines is 1. The maximum atomic E-state index is 14.7. The van der Waals surface area contributed by atoms with E-state index in [2.05, 4.69) is 20.6 Å². The minimum absolute atomic E-state index is 0.0192. The van der Waals surface area contributed by atoms with Crippen LogP contribution in [0.25, 0.3) is 0 Å². The van der Waals surface area contributed by atoms with Crippen molar-refractivity contribution in [2.45, 2.75) is 70.6 Å².